The summed E-state index contributed by atoms with van der Waals surface area (Å²) in [6, 6.07) is 1.37. The van der Waals surface area contributed by atoms with Crippen LogP contribution in [-0.2, 0) is 6.54 Å². The number of nitrogens with one attached hydrogen (secondary N) is 1. The molecular weight excluding hydrogens is 332 g/mol. The number of anilines is 2. The third kappa shape index (κ3) is 4.30. The van der Waals surface area contributed by atoms with Crippen molar-refractivity contribution in [2.45, 2.75) is 25.8 Å². The summed E-state index contributed by atoms with van der Waals surface area (Å²) in [5, 5.41) is 17.4. The number of hydrogen-bond donors (Lipinski definition) is 1. The van der Waals surface area contributed by atoms with Crippen LogP contribution in [0.3, 0.4) is 0 Å². The minimum Gasteiger partial charge on any atom is -0.348 e. The minimum absolute atomic E-state index is 0.422. The third-order valence-electron chi connectivity index (χ3n) is 4.23. The van der Waals surface area contributed by atoms with Crippen LogP contribution in [-0.4, -0.2) is 39.2 Å². The lowest BCUT2D eigenvalue weighted by Gasteiger charge is -2.26. The summed E-state index contributed by atoms with van der Waals surface area (Å²) >= 11 is 0. The Morgan fingerprint density at radius 2 is 1.84 bits per heavy atom. The Labute approximate surface area is 143 Å². The zero-order chi connectivity index (χ0) is 17.8. The Bertz CT molecular complexity index is 736. The van der Waals surface area contributed by atoms with Gasteiger partial charge in [-0.2, -0.15) is 5.10 Å². The van der Waals surface area contributed by atoms with Crippen molar-refractivity contribution in [3.63, 3.8) is 0 Å². The number of hydrogen-bond acceptors (Lipinski definition) is 5. The average molecular weight is 351 g/mol. The maximum atomic E-state index is 13.9. The highest BCUT2D eigenvalue weighted by atomic mass is 19.1. The van der Waals surface area contributed by atoms with Crippen LogP contribution in [0.15, 0.2) is 24.5 Å². The number of non-ortho nitro benzene ring substituents is 1. The normalized spacial score (nSPS) is 15.3. The van der Waals surface area contributed by atoms with E-state index in [4.69, 9.17) is 0 Å². The zero-order valence-electron chi connectivity index (χ0n) is 13.6. The predicted octanol–water partition coefficient (Wildman–Crippen LogP) is 3.30. The summed E-state index contributed by atoms with van der Waals surface area (Å²) in [5.41, 5.74) is -0.635. The van der Waals surface area contributed by atoms with E-state index < -0.39 is 27.9 Å². The van der Waals surface area contributed by atoms with Crippen LogP contribution in [0.5, 0.6) is 0 Å². The van der Waals surface area contributed by atoms with Crippen molar-refractivity contribution in [1.82, 2.24) is 14.7 Å². The summed E-state index contributed by atoms with van der Waals surface area (Å²) in [6.45, 7) is 3.74. The summed E-state index contributed by atoms with van der Waals surface area (Å²) in [7, 11) is 0. The van der Waals surface area contributed by atoms with Gasteiger partial charge in [-0.15, -0.1) is 0 Å². The van der Waals surface area contributed by atoms with Gasteiger partial charge < -0.3 is 10.2 Å². The second-order valence-electron chi connectivity index (χ2n) is 6.06. The highest BCUT2D eigenvalue weighted by Crippen LogP contribution is 2.27. The number of nitro benzene ring substituents is 1. The first-order valence-electron chi connectivity index (χ1n) is 8.18. The van der Waals surface area contributed by atoms with Crippen LogP contribution in [0, 0.1) is 21.7 Å². The smallest absolute Gasteiger partial charge is 0.275 e. The van der Waals surface area contributed by atoms with E-state index in [1.54, 1.807) is 10.9 Å². The number of nitrogens with zero attached hydrogens (tertiary/aromatic N) is 4. The Morgan fingerprint density at radius 3 is 2.48 bits per heavy atom. The fourth-order valence-electron chi connectivity index (χ4n) is 2.91. The van der Waals surface area contributed by atoms with E-state index in [0.29, 0.717) is 24.4 Å². The molecular formula is C16H19F2N5O2. The second kappa shape index (κ2) is 7.56. The van der Waals surface area contributed by atoms with E-state index in [1.807, 2.05) is 0 Å². The molecule has 1 fully saturated rings. The summed E-state index contributed by atoms with van der Waals surface area (Å²) < 4.78 is 29.5. The molecule has 0 unspecified atom stereocenters. The van der Waals surface area contributed by atoms with Crippen LogP contribution in [0.1, 0.15) is 19.3 Å². The predicted molar refractivity (Wildman–Crippen MR) is 88.8 cm³/mol. The van der Waals surface area contributed by atoms with Gasteiger partial charge in [0, 0.05) is 12.7 Å². The van der Waals surface area contributed by atoms with Crippen LogP contribution >= 0.6 is 0 Å². The summed E-state index contributed by atoms with van der Waals surface area (Å²) in [6.07, 6.45) is 6.83. The van der Waals surface area contributed by atoms with Gasteiger partial charge in [-0.1, -0.05) is 6.42 Å². The highest BCUT2D eigenvalue weighted by molar-refractivity contribution is 5.61. The van der Waals surface area contributed by atoms with E-state index in [2.05, 4.69) is 15.3 Å². The molecule has 9 heteroatoms. The van der Waals surface area contributed by atoms with E-state index in [0.717, 1.165) is 19.6 Å². The average Bonchev–Trinajstić information content (AvgIpc) is 3.04. The molecule has 0 spiro atoms. The molecule has 7 nitrogen and oxygen atoms in total. The highest BCUT2D eigenvalue weighted by Gasteiger charge is 2.17. The number of nitro groups is 1. The topological polar surface area (TPSA) is 76.2 Å². The number of benzene rings is 1. The van der Waals surface area contributed by atoms with E-state index >= 15 is 0 Å². The molecule has 0 bridgehead atoms. The molecule has 1 aromatic carbocycles. The van der Waals surface area contributed by atoms with Crippen molar-refractivity contribution < 1.29 is 13.7 Å². The van der Waals surface area contributed by atoms with Crippen molar-refractivity contribution in [3.05, 3.63) is 46.3 Å². The monoisotopic (exact) mass is 351 g/mol. The number of aromatic nitrogens is 2. The van der Waals surface area contributed by atoms with E-state index in [-0.39, 0.29) is 0 Å². The largest absolute Gasteiger partial charge is 0.348 e. The molecule has 25 heavy (non-hydrogen) atoms. The SMILES string of the molecule is O=[N+]([O-])c1cc(F)c(Nc2cnn(CCN3CCCCC3)c2)c(F)c1. The molecule has 1 N–H and O–H groups in total. The van der Waals surface area contributed by atoms with Crippen molar-refractivity contribution in [1.29, 1.82) is 0 Å². The molecule has 3 rings (SSSR count). The Morgan fingerprint density at radius 1 is 1.16 bits per heavy atom. The molecule has 0 radical (unpaired) electrons. The zero-order valence-corrected chi connectivity index (χ0v) is 13.6. The van der Waals surface area contributed by atoms with Crippen molar-refractivity contribution in [2.75, 3.05) is 25.0 Å². The van der Waals surface area contributed by atoms with Crippen molar-refractivity contribution in [3.8, 4) is 0 Å². The van der Waals surface area contributed by atoms with E-state index in [9.17, 15) is 18.9 Å². The fraction of sp³-hybridized carbons (Fsp3) is 0.438. The van der Waals surface area contributed by atoms with Crippen molar-refractivity contribution in [2.24, 2.45) is 0 Å². The van der Waals surface area contributed by atoms with E-state index in [1.165, 1.54) is 25.5 Å². The fourth-order valence-corrected chi connectivity index (χ4v) is 2.91. The third-order valence-corrected chi connectivity index (χ3v) is 4.23. The van der Waals surface area contributed by atoms with Crippen molar-refractivity contribution >= 4 is 17.1 Å². The standard InChI is InChI=1S/C16H19F2N5O2/c17-14-8-13(23(24)25)9-15(18)16(14)20-12-10-19-22(11-12)7-6-21-4-2-1-3-5-21/h8-11,20H,1-7H2. The molecule has 0 aliphatic carbocycles. The van der Waals surface area contributed by atoms with Crippen LogP contribution < -0.4 is 5.32 Å². The Hall–Kier alpha value is -2.55. The molecule has 1 aliphatic rings. The molecule has 2 heterocycles. The molecule has 2 aromatic rings. The van der Waals surface area contributed by atoms with Crippen LogP contribution in [0.4, 0.5) is 25.8 Å². The summed E-state index contributed by atoms with van der Waals surface area (Å²) in [5.74, 6) is -2.04. The van der Waals surface area contributed by atoms with Gasteiger partial charge in [0.2, 0.25) is 0 Å². The maximum absolute atomic E-state index is 13.9. The molecule has 0 amide bonds. The van der Waals surface area contributed by atoms with Gasteiger partial charge >= 0.3 is 0 Å². The molecule has 134 valence electrons. The number of likely N-dealkylation sites (tertiary alicyclic amines) is 1. The second-order valence-corrected chi connectivity index (χ2v) is 6.06. The first-order valence-corrected chi connectivity index (χ1v) is 8.18. The van der Waals surface area contributed by atoms with Crippen LogP contribution in [0.25, 0.3) is 0 Å². The molecule has 1 aromatic heterocycles. The van der Waals surface area contributed by atoms with Gasteiger partial charge in [0.15, 0.2) is 11.6 Å². The molecule has 1 aliphatic heterocycles. The van der Waals surface area contributed by atoms with Gasteiger partial charge in [0.25, 0.3) is 5.69 Å². The minimum atomic E-state index is -1.02. The van der Waals surface area contributed by atoms with Gasteiger partial charge in [0.1, 0.15) is 5.69 Å². The Kier molecular flexibility index (Phi) is 5.22. The lowest BCUT2D eigenvalue weighted by Crippen LogP contribution is -2.32. The Balaban J connectivity index is 1.64. The number of rotatable bonds is 6. The number of piperidine rings is 1. The first kappa shape index (κ1) is 17.3. The maximum Gasteiger partial charge on any atom is 0.275 e. The lowest BCUT2D eigenvalue weighted by molar-refractivity contribution is -0.385. The molecule has 0 atom stereocenters. The summed E-state index contributed by atoms with van der Waals surface area (Å²) in [4.78, 5) is 12.1. The first-order chi connectivity index (χ1) is 12.0. The van der Waals surface area contributed by atoms with Gasteiger partial charge in [0.05, 0.1) is 35.5 Å². The number of halogens is 2. The lowest BCUT2D eigenvalue weighted by atomic mass is 10.1. The van der Waals surface area contributed by atoms with Gasteiger partial charge in [-0.25, -0.2) is 8.78 Å². The van der Waals surface area contributed by atoms with Gasteiger partial charge in [-0.05, 0) is 25.9 Å². The molecule has 0 saturated carbocycles. The molecule has 1 saturated heterocycles. The van der Waals surface area contributed by atoms with Crippen LogP contribution in [0.2, 0.25) is 0 Å². The quantitative estimate of drug-likeness (QED) is 0.638. The van der Waals surface area contributed by atoms with Gasteiger partial charge in [-0.3, -0.25) is 14.8 Å².